The molecule has 8 heteroatoms. The Hall–Kier alpha value is -3.55. The molecule has 0 unspecified atom stereocenters. The zero-order valence-corrected chi connectivity index (χ0v) is 16.4. The molecule has 0 bridgehead atoms. The molecule has 30 heavy (non-hydrogen) atoms. The smallest absolute Gasteiger partial charge is 0.227 e. The van der Waals surface area contributed by atoms with Crippen molar-refractivity contribution in [2.45, 2.75) is 12.8 Å². The van der Waals surface area contributed by atoms with Gasteiger partial charge in [-0.05, 0) is 24.3 Å². The fraction of sp³-hybridized carbons (Fsp3) is 0.318. The maximum absolute atomic E-state index is 12.6. The van der Waals surface area contributed by atoms with Crippen LogP contribution in [0, 0.1) is 5.92 Å². The number of nitrogens with one attached hydrogen (secondary N) is 2. The molecule has 0 spiro atoms. The Bertz CT molecular complexity index is 1080. The number of rotatable bonds is 5. The standard InChI is InChI=1S/C22H22N4O4/c27-21-11-14(13-26(21)15-5-6-18-19(12-15)30-10-9-29-18)22(28)23-8-7-20-24-16-3-1-2-4-17(16)25-20/h1-6,12,14H,7-11,13H2,(H,23,28)(H,24,25)/t14-/m1/s1. The molecule has 5 rings (SSSR count). The number of aromatic nitrogens is 2. The van der Waals surface area contributed by atoms with Gasteiger partial charge in [0.15, 0.2) is 11.5 Å². The van der Waals surface area contributed by atoms with E-state index in [1.807, 2.05) is 30.3 Å². The first kappa shape index (κ1) is 18.5. The van der Waals surface area contributed by atoms with Crippen molar-refractivity contribution in [1.82, 2.24) is 15.3 Å². The van der Waals surface area contributed by atoms with Crippen LogP contribution in [0.3, 0.4) is 0 Å². The number of anilines is 1. The van der Waals surface area contributed by atoms with Crippen LogP contribution < -0.4 is 19.7 Å². The van der Waals surface area contributed by atoms with E-state index in [1.165, 1.54) is 0 Å². The lowest BCUT2D eigenvalue weighted by Gasteiger charge is -2.22. The van der Waals surface area contributed by atoms with Crippen molar-refractivity contribution in [2.75, 3.05) is 31.2 Å². The lowest BCUT2D eigenvalue weighted by Crippen LogP contribution is -2.34. The first-order chi connectivity index (χ1) is 14.7. The van der Waals surface area contributed by atoms with E-state index >= 15 is 0 Å². The van der Waals surface area contributed by atoms with Crippen molar-refractivity contribution in [3.63, 3.8) is 0 Å². The molecule has 0 aliphatic carbocycles. The minimum atomic E-state index is -0.374. The SMILES string of the molecule is O=C(NCCc1nc2ccccc2[nH]1)[C@@H]1CC(=O)N(c2ccc3c(c2)OCCO3)C1. The van der Waals surface area contributed by atoms with Crippen molar-refractivity contribution >= 4 is 28.5 Å². The van der Waals surface area contributed by atoms with E-state index in [-0.39, 0.29) is 24.2 Å². The third kappa shape index (κ3) is 3.56. The van der Waals surface area contributed by atoms with E-state index in [0.717, 1.165) is 22.5 Å². The fourth-order valence-electron chi connectivity index (χ4n) is 3.91. The van der Waals surface area contributed by atoms with Crippen molar-refractivity contribution < 1.29 is 19.1 Å². The average Bonchev–Trinajstić information content (AvgIpc) is 3.36. The molecule has 1 saturated heterocycles. The zero-order valence-electron chi connectivity index (χ0n) is 16.4. The highest BCUT2D eigenvalue weighted by molar-refractivity contribution is 6.00. The summed E-state index contributed by atoms with van der Waals surface area (Å²) in [5.41, 5.74) is 2.62. The van der Waals surface area contributed by atoms with Crippen LogP contribution in [-0.2, 0) is 16.0 Å². The number of imidazole rings is 1. The second-order valence-electron chi connectivity index (χ2n) is 7.48. The van der Waals surface area contributed by atoms with Crippen LogP contribution in [0.4, 0.5) is 5.69 Å². The molecule has 2 aromatic carbocycles. The summed E-state index contributed by atoms with van der Waals surface area (Å²) in [6.07, 6.45) is 0.803. The van der Waals surface area contributed by atoms with E-state index < -0.39 is 0 Å². The third-order valence-electron chi connectivity index (χ3n) is 5.43. The molecule has 8 nitrogen and oxygen atoms in total. The highest BCUT2D eigenvalue weighted by atomic mass is 16.6. The first-order valence-corrected chi connectivity index (χ1v) is 10.1. The second kappa shape index (κ2) is 7.70. The van der Waals surface area contributed by atoms with Gasteiger partial charge in [-0.2, -0.15) is 0 Å². The molecule has 1 aromatic heterocycles. The van der Waals surface area contributed by atoms with Crippen LogP contribution in [0.15, 0.2) is 42.5 Å². The van der Waals surface area contributed by atoms with E-state index in [2.05, 4.69) is 15.3 Å². The van der Waals surface area contributed by atoms with E-state index in [4.69, 9.17) is 9.47 Å². The molecule has 2 N–H and O–H groups in total. The zero-order chi connectivity index (χ0) is 20.5. The molecule has 2 aliphatic rings. The topological polar surface area (TPSA) is 96.5 Å². The summed E-state index contributed by atoms with van der Waals surface area (Å²) in [6.45, 7) is 1.83. The summed E-state index contributed by atoms with van der Waals surface area (Å²) < 4.78 is 11.1. The molecular weight excluding hydrogens is 384 g/mol. The number of nitrogens with zero attached hydrogens (tertiary/aromatic N) is 2. The molecule has 0 saturated carbocycles. The largest absolute Gasteiger partial charge is 0.486 e. The molecule has 3 aromatic rings. The normalized spacial score (nSPS) is 18.1. The lowest BCUT2D eigenvalue weighted by atomic mass is 10.1. The highest BCUT2D eigenvalue weighted by Crippen LogP contribution is 2.35. The molecular formula is C22H22N4O4. The number of ether oxygens (including phenoxy) is 2. The van der Waals surface area contributed by atoms with Crippen LogP contribution in [0.5, 0.6) is 11.5 Å². The van der Waals surface area contributed by atoms with E-state index in [9.17, 15) is 9.59 Å². The van der Waals surface area contributed by atoms with Gasteiger partial charge in [0.05, 0.1) is 17.0 Å². The number of aromatic amines is 1. The van der Waals surface area contributed by atoms with Gasteiger partial charge in [0, 0.05) is 37.7 Å². The number of H-pyrrole nitrogens is 1. The molecule has 1 atom stereocenters. The van der Waals surface area contributed by atoms with Crippen molar-refractivity contribution in [2.24, 2.45) is 5.92 Å². The molecule has 3 heterocycles. The van der Waals surface area contributed by atoms with Crippen molar-refractivity contribution in [1.29, 1.82) is 0 Å². The summed E-state index contributed by atoms with van der Waals surface area (Å²) in [5.74, 6) is 1.59. The number of amides is 2. The van der Waals surface area contributed by atoms with Gasteiger partial charge in [-0.15, -0.1) is 0 Å². The van der Waals surface area contributed by atoms with Gasteiger partial charge < -0.3 is 24.7 Å². The van der Waals surface area contributed by atoms with Gasteiger partial charge >= 0.3 is 0 Å². The number of carbonyl (C=O) groups excluding carboxylic acids is 2. The monoisotopic (exact) mass is 406 g/mol. The van der Waals surface area contributed by atoms with Gasteiger partial charge in [-0.25, -0.2) is 4.98 Å². The molecule has 1 fully saturated rings. The van der Waals surface area contributed by atoms with Gasteiger partial charge in [0.2, 0.25) is 11.8 Å². The third-order valence-corrected chi connectivity index (χ3v) is 5.43. The Morgan fingerprint density at radius 2 is 2.00 bits per heavy atom. The summed E-state index contributed by atoms with van der Waals surface area (Å²) >= 11 is 0. The minimum absolute atomic E-state index is 0.0656. The maximum Gasteiger partial charge on any atom is 0.227 e. The molecule has 154 valence electrons. The van der Waals surface area contributed by atoms with Gasteiger partial charge in [0.1, 0.15) is 19.0 Å². The maximum atomic E-state index is 12.6. The van der Waals surface area contributed by atoms with Gasteiger partial charge in [-0.3, -0.25) is 9.59 Å². The summed E-state index contributed by atoms with van der Waals surface area (Å²) in [5, 5.41) is 2.94. The summed E-state index contributed by atoms with van der Waals surface area (Å²) in [4.78, 5) is 34.5. The first-order valence-electron chi connectivity index (χ1n) is 10.1. The molecule has 2 aliphatic heterocycles. The molecule has 0 radical (unpaired) electrons. The second-order valence-corrected chi connectivity index (χ2v) is 7.48. The number of para-hydroxylation sites is 2. The Morgan fingerprint density at radius 1 is 1.17 bits per heavy atom. The van der Waals surface area contributed by atoms with Crippen LogP contribution in [0.25, 0.3) is 11.0 Å². The fourth-order valence-corrected chi connectivity index (χ4v) is 3.91. The van der Waals surface area contributed by atoms with Crippen LogP contribution in [-0.4, -0.2) is 48.1 Å². The van der Waals surface area contributed by atoms with Gasteiger partial charge in [0.25, 0.3) is 0 Å². The quantitative estimate of drug-likeness (QED) is 0.676. The van der Waals surface area contributed by atoms with Crippen molar-refractivity contribution in [3.8, 4) is 11.5 Å². The number of hydrogen-bond acceptors (Lipinski definition) is 5. The Labute approximate surface area is 173 Å². The number of hydrogen-bond donors (Lipinski definition) is 2. The predicted octanol–water partition coefficient (Wildman–Crippen LogP) is 2.05. The van der Waals surface area contributed by atoms with E-state index in [0.29, 0.717) is 44.2 Å². The van der Waals surface area contributed by atoms with Crippen LogP contribution in [0.2, 0.25) is 0 Å². The summed E-state index contributed by atoms with van der Waals surface area (Å²) in [6, 6.07) is 13.3. The Kier molecular flexibility index (Phi) is 4.74. The summed E-state index contributed by atoms with van der Waals surface area (Å²) in [7, 11) is 0. The number of benzene rings is 2. The van der Waals surface area contributed by atoms with Crippen molar-refractivity contribution in [3.05, 3.63) is 48.3 Å². The number of fused-ring (bicyclic) bond motifs is 2. The minimum Gasteiger partial charge on any atom is -0.486 e. The van der Waals surface area contributed by atoms with E-state index in [1.54, 1.807) is 17.0 Å². The molecule has 2 amide bonds. The number of carbonyl (C=O) groups is 2. The average molecular weight is 406 g/mol. The van der Waals surface area contributed by atoms with Crippen LogP contribution >= 0.6 is 0 Å². The Morgan fingerprint density at radius 3 is 2.87 bits per heavy atom. The highest BCUT2D eigenvalue weighted by Gasteiger charge is 2.35. The van der Waals surface area contributed by atoms with Crippen LogP contribution in [0.1, 0.15) is 12.2 Å². The lowest BCUT2D eigenvalue weighted by molar-refractivity contribution is -0.126. The Balaban J connectivity index is 1.18. The van der Waals surface area contributed by atoms with Gasteiger partial charge in [-0.1, -0.05) is 12.1 Å². The predicted molar refractivity (Wildman–Crippen MR) is 111 cm³/mol.